The van der Waals surface area contributed by atoms with Gasteiger partial charge in [-0.2, -0.15) is 0 Å². The van der Waals surface area contributed by atoms with Crippen LogP contribution in [0.15, 0.2) is 42.5 Å². The van der Waals surface area contributed by atoms with Crippen molar-refractivity contribution in [1.29, 1.82) is 0 Å². The molecule has 0 saturated heterocycles. The van der Waals surface area contributed by atoms with Gasteiger partial charge in [0.05, 0.1) is 17.3 Å². The minimum absolute atomic E-state index is 0.0499. The van der Waals surface area contributed by atoms with E-state index in [1.165, 1.54) is 31.4 Å². The highest BCUT2D eigenvalue weighted by molar-refractivity contribution is 5.95. The van der Waals surface area contributed by atoms with E-state index in [9.17, 15) is 14.3 Å². The average molecular weight is 337 g/mol. The van der Waals surface area contributed by atoms with E-state index < -0.39 is 5.97 Å². The Kier molecular flexibility index (Phi) is 3.18. The third-order valence-corrected chi connectivity index (χ3v) is 6.58. The highest BCUT2D eigenvalue weighted by Gasteiger charge is 2.54. The van der Waals surface area contributed by atoms with E-state index in [1.54, 1.807) is 6.07 Å². The molecule has 1 heterocycles. The van der Waals surface area contributed by atoms with Crippen molar-refractivity contribution in [1.82, 2.24) is 0 Å². The fraction of sp³-hybridized carbons (Fsp3) is 0.381. The number of aromatic carboxylic acids is 1. The summed E-state index contributed by atoms with van der Waals surface area (Å²) < 4.78 is 13.4. The number of anilines is 1. The van der Waals surface area contributed by atoms with E-state index in [2.05, 4.69) is 11.4 Å². The molecule has 128 valence electrons. The van der Waals surface area contributed by atoms with Crippen molar-refractivity contribution in [2.75, 3.05) is 5.32 Å². The summed E-state index contributed by atoms with van der Waals surface area (Å²) in [6.07, 6.45) is 3.71. The number of carbonyl (C=O) groups is 1. The van der Waals surface area contributed by atoms with Crippen molar-refractivity contribution < 1.29 is 14.3 Å². The Bertz CT molecular complexity index is 847. The van der Waals surface area contributed by atoms with Crippen LogP contribution in [0.2, 0.25) is 0 Å². The zero-order chi connectivity index (χ0) is 17.1. The third kappa shape index (κ3) is 2.13. The number of carboxylic acid groups (broad SMARTS) is 1. The number of nitrogens with one attached hydrogen (secondary N) is 1. The molecule has 1 aliphatic heterocycles. The van der Waals surface area contributed by atoms with Gasteiger partial charge in [-0.05, 0) is 72.3 Å². The molecular weight excluding hydrogens is 317 g/mol. The van der Waals surface area contributed by atoms with Gasteiger partial charge >= 0.3 is 5.97 Å². The maximum absolute atomic E-state index is 13.4. The largest absolute Gasteiger partial charge is 0.478 e. The van der Waals surface area contributed by atoms with Crippen LogP contribution in [0.1, 0.15) is 52.7 Å². The summed E-state index contributed by atoms with van der Waals surface area (Å²) in [7, 11) is 0. The van der Waals surface area contributed by atoms with Crippen LogP contribution < -0.4 is 5.32 Å². The second-order valence-electron chi connectivity index (χ2n) is 7.68. The van der Waals surface area contributed by atoms with Crippen molar-refractivity contribution >= 4 is 11.7 Å². The number of carboxylic acids is 1. The second-order valence-corrected chi connectivity index (χ2v) is 7.68. The Labute approximate surface area is 145 Å². The standard InChI is InChI=1S/C21H20FNO2/c22-14-8-6-11(7-9-14)19-18-13-5-4-12(10-13)17(18)15-2-1-3-16(21(24)25)20(15)23-19/h1-3,6-9,12-13,17-19,23H,4-5,10H2,(H,24,25)/t12-,13-,17-,18-,19+/m0/s1. The molecule has 5 rings (SSSR count). The molecule has 0 aromatic heterocycles. The highest BCUT2D eigenvalue weighted by atomic mass is 19.1. The lowest BCUT2D eigenvalue weighted by atomic mass is 9.67. The van der Waals surface area contributed by atoms with Crippen molar-refractivity contribution in [3.05, 3.63) is 65.0 Å². The molecule has 2 aromatic rings. The fourth-order valence-corrected chi connectivity index (χ4v) is 5.69. The summed E-state index contributed by atoms with van der Waals surface area (Å²) in [5, 5.41) is 13.2. The summed E-state index contributed by atoms with van der Waals surface area (Å²) in [6, 6.07) is 12.3. The summed E-state index contributed by atoms with van der Waals surface area (Å²) in [6.45, 7) is 0. The van der Waals surface area contributed by atoms with E-state index in [1.807, 2.05) is 18.2 Å². The second kappa shape index (κ2) is 5.32. The van der Waals surface area contributed by atoms with Crippen LogP contribution in [0, 0.1) is 23.6 Å². The van der Waals surface area contributed by atoms with Gasteiger partial charge < -0.3 is 10.4 Å². The fourth-order valence-electron chi connectivity index (χ4n) is 5.69. The maximum atomic E-state index is 13.4. The van der Waals surface area contributed by atoms with Crippen molar-refractivity contribution in [3.63, 3.8) is 0 Å². The topological polar surface area (TPSA) is 49.3 Å². The van der Waals surface area contributed by atoms with Gasteiger partial charge in [0, 0.05) is 0 Å². The van der Waals surface area contributed by atoms with Gasteiger partial charge in [-0.3, -0.25) is 0 Å². The van der Waals surface area contributed by atoms with Crippen LogP contribution in [0.25, 0.3) is 0 Å². The lowest BCUT2D eigenvalue weighted by Gasteiger charge is -2.44. The van der Waals surface area contributed by atoms with Gasteiger partial charge in [0.25, 0.3) is 0 Å². The number of hydrogen-bond acceptors (Lipinski definition) is 2. The summed E-state index contributed by atoms with van der Waals surface area (Å²) in [5.74, 6) is 1.03. The molecule has 0 unspecified atom stereocenters. The van der Waals surface area contributed by atoms with E-state index in [4.69, 9.17) is 0 Å². The Balaban J connectivity index is 1.67. The molecular formula is C21H20FNO2. The van der Waals surface area contributed by atoms with Gasteiger partial charge in [-0.25, -0.2) is 9.18 Å². The first-order chi connectivity index (χ1) is 12.1. The van der Waals surface area contributed by atoms with E-state index in [0.717, 1.165) is 16.8 Å². The van der Waals surface area contributed by atoms with Crippen LogP contribution in [0.5, 0.6) is 0 Å². The molecule has 5 atom stereocenters. The summed E-state index contributed by atoms with van der Waals surface area (Å²) >= 11 is 0. The monoisotopic (exact) mass is 337 g/mol. The summed E-state index contributed by atoms with van der Waals surface area (Å²) in [4.78, 5) is 11.7. The first-order valence-corrected chi connectivity index (χ1v) is 9.01. The molecule has 0 radical (unpaired) electrons. The van der Waals surface area contributed by atoms with Crippen LogP contribution in [-0.2, 0) is 0 Å². The number of halogens is 1. The van der Waals surface area contributed by atoms with Crippen molar-refractivity contribution in [2.24, 2.45) is 17.8 Å². The molecule has 3 nitrogen and oxygen atoms in total. The van der Waals surface area contributed by atoms with Crippen molar-refractivity contribution in [2.45, 2.75) is 31.2 Å². The lowest BCUT2D eigenvalue weighted by molar-refractivity contribution is 0.0697. The van der Waals surface area contributed by atoms with Gasteiger partial charge in [0.15, 0.2) is 0 Å². The molecule has 4 heteroatoms. The predicted molar refractivity (Wildman–Crippen MR) is 93.2 cm³/mol. The normalized spacial score (nSPS) is 32.0. The number of para-hydroxylation sites is 1. The first kappa shape index (κ1) is 14.9. The predicted octanol–water partition coefficient (Wildman–Crippen LogP) is 4.82. The third-order valence-electron chi connectivity index (χ3n) is 6.58. The van der Waals surface area contributed by atoms with Crippen LogP contribution in [0.3, 0.4) is 0 Å². The minimum Gasteiger partial charge on any atom is -0.478 e. The Morgan fingerprint density at radius 1 is 1.08 bits per heavy atom. The van der Waals surface area contributed by atoms with Crippen LogP contribution >= 0.6 is 0 Å². The minimum atomic E-state index is -0.899. The quantitative estimate of drug-likeness (QED) is 0.826. The molecule has 0 spiro atoms. The Morgan fingerprint density at radius 2 is 1.84 bits per heavy atom. The van der Waals surface area contributed by atoms with Crippen LogP contribution in [-0.4, -0.2) is 11.1 Å². The smallest absolute Gasteiger partial charge is 0.337 e. The SMILES string of the molecule is O=C(O)c1cccc2c1N[C@H](c1ccc(F)cc1)[C@H]1[C@H]3CC[C@@H](C3)[C@@H]21. The Morgan fingerprint density at radius 3 is 2.60 bits per heavy atom. The lowest BCUT2D eigenvalue weighted by Crippen LogP contribution is -2.36. The Hall–Kier alpha value is -2.36. The van der Waals surface area contributed by atoms with Crippen LogP contribution in [0.4, 0.5) is 10.1 Å². The molecule has 25 heavy (non-hydrogen) atoms. The molecule has 2 saturated carbocycles. The van der Waals surface area contributed by atoms with E-state index in [-0.39, 0.29) is 11.9 Å². The number of rotatable bonds is 2. The molecule has 3 aliphatic rings. The molecule has 2 aromatic carbocycles. The zero-order valence-corrected chi connectivity index (χ0v) is 13.8. The van der Waals surface area contributed by atoms with E-state index >= 15 is 0 Å². The average Bonchev–Trinajstić information content (AvgIpc) is 3.23. The van der Waals surface area contributed by atoms with Gasteiger partial charge in [-0.1, -0.05) is 24.3 Å². The molecule has 0 amide bonds. The molecule has 2 fully saturated rings. The number of benzene rings is 2. The molecule has 2 bridgehead atoms. The number of fused-ring (bicyclic) bond motifs is 7. The van der Waals surface area contributed by atoms with Crippen molar-refractivity contribution in [3.8, 4) is 0 Å². The van der Waals surface area contributed by atoms with Gasteiger partial charge in [0.2, 0.25) is 0 Å². The zero-order valence-electron chi connectivity index (χ0n) is 13.8. The molecule has 2 N–H and O–H groups in total. The maximum Gasteiger partial charge on any atom is 0.337 e. The first-order valence-electron chi connectivity index (χ1n) is 9.01. The van der Waals surface area contributed by atoms with Gasteiger partial charge in [0.1, 0.15) is 5.82 Å². The summed E-state index contributed by atoms with van der Waals surface area (Å²) in [5.41, 5.74) is 3.31. The molecule has 2 aliphatic carbocycles. The van der Waals surface area contributed by atoms with Gasteiger partial charge in [-0.15, -0.1) is 0 Å². The van der Waals surface area contributed by atoms with E-state index in [0.29, 0.717) is 29.2 Å². The highest BCUT2D eigenvalue weighted by Crippen LogP contribution is 2.63. The number of hydrogen-bond donors (Lipinski definition) is 2.